The van der Waals surface area contributed by atoms with Gasteiger partial charge in [0.05, 0.1) is 4.92 Å². The average Bonchev–Trinajstić information content (AvgIpc) is 2.74. The van der Waals surface area contributed by atoms with Crippen molar-refractivity contribution in [2.75, 3.05) is 5.32 Å². The highest BCUT2D eigenvalue weighted by molar-refractivity contribution is 5.94. The quantitative estimate of drug-likeness (QED) is 0.633. The fourth-order valence-corrected chi connectivity index (χ4v) is 1.56. The fourth-order valence-electron chi connectivity index (χ4n) is 1.56. The van der Waals surface area contributed by atoms with Crippen molar-refractivity contribution >= 4 is 23.1 Å². The molecule has 0 aliphatic heterocycles. The lowest BCUT2D eigenvalue weighted by atomic mass is 10.1. The maximum absolute atomic E-state index is 11.0. The number of rotatable bonds is 4. The van der Waals surface area contributed by atoms with E-state index in [-0.39, 0.29) is 16.9 Å². The van der Waals surface area contributed by atoms with Crippen molar-refractivity contribution in [1.82, 2.24) is 9.78 Å². The third kappa shape index (κ3) is 2.68. The molecule has 0 saturated heterocycles. The second kappa shape index (κ2) is 4.77. The molecule has 0 fully saturated rings. The van der Waals surface area contributed by atoms with E-state index in [1.54, 1.807) is 24.0 Å². The van der Waals surface area contributed by atoms with Gasteiger partial charge in [-0.05, 0) is 12.1 Å². The van der Waals surface area contributed by atoms with Crippen molar-refractivity contribution in [3.8, 4) is 0 Å². The zero-order valence-corrected chi connectivity index (χ0v) is 10.0. The minimum Gasteiger partial charge on any atom is -0.366 e. The van der Waals surface area contributed by atoms with E-state index >= 15 is 0 Å². The van der Waals surface area contributed by atoms with Crippen LogP contribution in [-0.2, 0) is 7.05 Å². The Morgan fingerprint density at radius 2 is 2.21 bits per heavy atom. The van der Waals surface area contributed by atoms with Crippen molar-refractivity contribution in [3.05, 3.63) is 46.1 Å². The minimum atomic E-state index is -0.715. The molecule has 3 N–H and O–H groups in total. The molecule has 1 amide bonds. The van der Waals surface area contributed by atoms with E-state index in [0.29, 0.717) is 5.82 Å². The van der Waals surface area contributed by atoms with Crippen LogP contribution in [0.25, 0.3) is 0 Å². The van der Waals surface area contributed by atoms with Crippen molar-refractivity contribution in [2.24, 2.45) is 12.8 Å². The molecule has 0 atom stereocenters. The Bertz CT molecular complexity index is 650. The van der Waals surface area contributed by atoms with Crippen molar-refractivity contribution in [3.63, 3.8) is 0 Å². The van der Waals surface area contributed by atoms with Crippen LogP contribution in [0, 0.1) is 10.1 Å². The van der Waals surface area contributed by atoms with Crippen LogP contribution in [0.2, 0.25) is 0 Å². The van der Waals surface area contributed by atoms with E-state index in [9.17, 15) is 14.9 Å². The number of nitrogens with one attached hydrogen (secondary N) is 1. The first kappa shape index (κ1) is 12.6. The molecule has 1 aromatic carbocycles. The first-order valence-electron chi connectivity index (χ1n) is 5.32. The number of hydrogen-bond acceptors (Lipinski definition) is 5. The standard InChI is InChI=1S/C11H11N5O3/c1-15-5-4-10(14-15)13-8-3-2-7(11(12)17)6-9(8)16(18)19/h2-6H,1H3,(H2,12,17)(H,13,14). The molecule has 0 aliphatic rings. The fraction of sp³-hybridized carbons (Fsp3) is 0.0909. The van der Waals surface area contributed by atoms with Gasteiger partial charge in [-0.3, -0.25) is 19.6 Å². The molecule has 2 rings (SSSR count). The van der Waals surface area contributed by atoms with Gasteiger partial charge in [-0.2, -0.15) is 5.10 Å². The zero-order valence-electron chi connectivity index (χ0n) is 10.0. The van der Waals surface area contributed by atoms with Crippen LogP contribution < -0.4 is 11.1 Å². The Morgan fingerprint density at radius 3 is 2.74 bits per heavy atom. The second-order valence-electron chi connectivity index (χ2n) is 3.85. The summed E-state index contributed by atoms with van der Waals surface area (Å²) in [4.78, 5) is 21.4. The summed E-state index contributed by atoms with van der Waals surface area (Å²) in [5.74, 6) is -0.245. The first-order chi connectivity index (χ1) is 8.97. The lowest BCUT2D eigenvalue weighted by Crippen LogP contribution is -2.11. The van der Waals surface area contributed by atoms with Crippen LogP contribution in [0.5, 0.6) is 0 Å². The molecule has 0 radical (unpaired) electrons. The number of benzene rings is 1. The Kier molecular flexibility index (Phi) is 3.15. The Hall–Kier alpha value is -2.90. The number of aromatic nitrogens is 2. The predicted octanol–water partition coefficient (Wildman–Crippen LogP) is 1.17. The zero-order chi connectivity index (χ0) is 14.0. The molecular formula is C11H11N5O3. The number of nitrogens with zero attached hydrogens (tertiary/aromatic N) is 3. The molecule has 0 aliphatic carbocycles. The van der Waals surface area contributed by atoms with Gasteiger partial charge in [-0.15, -0.1) is 0 Å². The monoisotopic (exact) mass is 261 g/mol. The van der Waals surface area contributed by atoms with Crippen molar-refractivity contribution in [2.45, 2.75) is 0 Å². The average molecular weight is 261 g/mol. The van der Waals surface area contributed by atoms with Gasteiger partial charge in [0.15, 0.2) is 5.82 Å². The largest absolute Gasteiger partial charge is 0.366 e. The highest BCUT2D eigenvalue weighted by atomic mass is 16.6. The Balaban J connectivity index is 2.39. The van der Waals surface area contributed by atoms with Crippen LogP contribution in [0.1, 0.15) is 10.4 Å². The number of aryl methyl sites for hydroxylation is 1. The molecule has 0 unspecified atom stereocenters. The third-order valence-electron chi connectivity index (χ3n) is 2.46. The number of carbonyl (C=O) groups is 1. The number of primary amides is 1. The molecule has 8 heteroatoms. The van der Waals surface area contributed by atoms with Gasteiger partial charge in [-0.25, -0.2) is 0 Å². The summed E-state index contributed by atoms with van der Waals surface area (Å²) >= 11 is 0. The number of nitro benzene ring substituents is 1. The summed E-state index contributed by atoms with van der Waals surface area (Å²) < 4.78 is 1.56. The number of nitrogens with two attached hydrogens (primary N) is 1. The van der Waals surface area contributed by atoms with E-state index in [4.69, 9.17) is 5.73 Å². The molecule has 19 heavy (non-hydrogen) atoms. The number of nitro groups is 1. The van der Waals surface area contributed by atoms with E-state index in [1.807, 2.05) is 0 Å². The molecule has 2 aromatic rings. The van der Waals surface area contributed by atoms with Crippen LogP contribution in [0.15, 0.2) is 30.5 Å². The number of anilines is 2. The molecule has 98 valence electrons. The van der Waals surface area contributed by atoms with Crippen LogP contribution >= 0.6 is 0 Å². The number of carbonyl (C=O) groups excluding carboxylic acids is 1. The van der Waals surface area contributed by atoms with E-state index < -0.39 is 10.8 Å². The van der Waals surface area contributed by atoms with Crippen LogP contribution in [0.3, 0.4) is 0 Å². The van der Waals surface area contributed by atoms with E-state index in [2.05, 4.69) is 10.4 Å². The summed E-state index contributed by atoms with van der Waals surface area (Å²) in [7, 11) is 1.73. The summed E-state index contributed by atoms with van der Waals surface area (Å²) in [5.41, 5.74) is 5.18. The molecule has 1 heterocycles. The van der Waals surface area contributed by atoms with Crippen LogP contribution in [0.4, 0.5) is 17.2 Å². The minimum absolute atomic E-state index is 0.0817. The summed E-state index contributed by atoms with van der Waals surface area (Å²) in [6.07, 6.45) is 1.70. The van der Waals surface area contributed by atoms with Gasteiger partial charge >= 0.3 is 0 Å². The van der Waals surface area contributed by atoms with Crippen molar-refractivity contribution < 1.29 is 9.72 Å². The number of amides is 1. The summed E-state index contributed by atoms with van der Waals surface area (Å²) in [5, 5.41) is 17.9. The van der Waals surface area contributed by atoms with Gasteiger partial charge in [0, 0.05) is 30.9 Å². The SMILES string of the molecule is Cn1ccc(Nc2ccc(C(N)=O)cc2[N+](=O)[O-])n1. The van der Waals surface area contributed by atoms with E-state index in [0.717, 1.165) is 6.07 Å². The third-order valence-corrected chi connectivity index (χ3v) is 2.46. The van der Waals surface area contributed by atoms with Gasteiger partial charge < -0.3 is 11.1 Å². The maximum atomic E-state index is 11.0. The highest BCUT2D eigenvalue weighted by Crippen LogP contribution is 2.27. The Labute approximate surface area is 108 Å². The lowest BCUT2D eigenvalue weighted by molar-refractivity contribution is -0.383. The lowest BCUT2D eigenvalue weighted by Gasteiger charge is -2.05. The second-order valence-corrected chi connectivity index (χ2v) is 3.85. The topological polar surface area (TPSA) is 116 Å². The van der Waals surface area contributed by atoms with Gasteiger partial charge in [0.25, 0.3) is 5.69 Å². The maximum Gasteiger partial charge on any atom is 0.293 e. The smallest absolute Gasteiger partial charge is 0.293 e. The molecule has 8 nitrogen and oxygen atoms in total. The molecule has 0 bridgehead atoms. The summed E-state index contributed by atoms with van der Waals surface area (Å²) in [6, 6.07) is 5.65. The first-order valence-corrected chi connectivity index (χ1v) is 5.32. The van der Waals surface area contributed by atoms with Gasteiger partial charge in [-0.1, -0.05) is 0 Å². The molecule has 0 spiro atoms. The molecule has 0 saturated carbocycles. The van der Waals surface area contributed by atoms with Crippen LogP contribution in [-0.4, -0.2) is 20.6 Å². The molecule has 1 aromatic heterocycles. The van der Waals surface area contributed by atoms with Gasteiger partial charge in [0.2, 0.25) is 5.91 Å². The van der Waals surface area contributed by atoms with Gasteiger partial charge in [0.1, 0.15) is 5.69 Å². The molecular weight excluding hydrogens is 250 g/mol. The predicted molar refractivity (Wildman–Crippen MR) is 68.1 cm³/mol. The normalized spacial score (nSPS) is 10.2. The summed E-state index contributed by atoms with van der Waals surface area (Å²) in [6.45, 7) is 0. The number of hydrogen-bond donors (Lipinski definition) is 2. The Morgan fingerprint density at radius 1 is 1.47 bits per heavy atom. The highest BCUT2D eigenvalue weighted by Gasteiger charge is 2.17. The van der Waals surface area contributed by atoms with E-state index in [1.165, 1.54) is 12.1 Å². The van der Waals surface area contributed by atoms with Crippen molar-refractivity contribution in [1.29, 1.82) is 0 Å².